The van der Waals surface area contributed by atoms with Crippen LogP contribution in [0.4, 0.5) is 0 Å². The average Bonchev–Trinajstić information content (AvgIpc) is 2.43. The molecule has 1 amide bonds. The van der Waals surface area contributed by atoms with Crippen molar-refractivity contribution in [1.82, 2.24) is 4.90 Å². The van der Waals surface area contributed by atoms with Gasteiger partial charge in [-0.15, -0.1) is 0 Å². The van der Waals surface area contributed by atoms with Crippen molar-refractivity contribution >= 4 is 11.9 Å². The summed E-state index contributed by atoms with van der Waals surface area (Å²) >= 11 is 0. The Labute approximate surface area is 114 Å². The lowest BCUT2D eigenvalue weighted by Gasteiger charge is -2.19. The van der Waals surface area contributed by atoms with Crippen molar-refractivity contribution in [1.29, 1.82) is 0 Å². The Bertz CT molecular complexity index is 437. The van der Waals surface area contributed by atoms with Gasteiger partial charge in [0, 0.05) is 12.1 Å². The highest BCUT2D eigenvalue weighted by Gasteiger charge is 2.17. The van der Waals surface area contributed by atoms with Gasteiger partial charge in [0.15, 0.2) is 0 Å². The van der Waals surface area contributed by atoms with E-state index in [0.717, 1.165) is 0 Å². The van der Waals surface area contributed by atoms with Crippen molar-refractivity contribution in [3.05, 3.63) is 35.4 Å². The number of amides is 1. The van der Waals surface area contributed by atoms with Gasteiger partial charge in [0.05, 0.1) is 7.11 Å². The van der Waals surface area contributed by atoms with Crippen molar-refractivity contribution < 1.29 is 14.3 Å². The van der Waals surface area contributed by atoms with Gasteiger partial charge < -0.3 is 9.64 Å². The smallest absolute Gasteiger partial charge is 0.325 e. The molecule has 4 heteroatoms. The van der Waals surface area contributed by atoms with Gasteiger partial charge in [0.2, 0.25) is 0 Å². The van der Waals surface area contributed by atoms with Gasteiger partial charge in [-0.3, -0.25) is 9.59 Å². The van der Waals surface area contributed by atoms with E-state index >= 15 is 0 Å². The Morgan fingerprint density at radius 3 is 2.21 bits per heavy atom. The Morgan fingerprint density at radius 1 is 1.21 bits per heavy atom. The summed E-state index contributed by atoms with van der Waals surface area (Å²) in [6.45, 7) is 6.50. The van der Waals surface area contributed by atoms with Crippen LogP contribution in [0.25, 0.3) is 0 Å². The van der Waals surface area contributed by atoms with E-state index in [2.05, 4.69) is 18.6 Å². The third-order valence-electron chi connectivity index (χ3n) is 3.04. The van der Waals surface area contributed by atoms with E-state index in [0.29, 0.717) is 18.0 Å². The molecule has 0 aliphatic carbocycles. The first kappa shape index (κ1) is 15.2. The number of esters is 1. The van der Waals surface area contributed by atoms with Crippen molar-refractivity contribution in [3.8, 4) is 0 Å². The van der Waals surface area contributed by atoms with Crippen LogP contribution in [0.2, 0.25) is 0 Å². The Morgan fingerprint density at radius 2 is 1.79 bits per heavy atom. The maximum absolute atomic E-state index is 12.2. The molecule has 0 heterocycles. The molecular formula is C15H21NO3. The van der Waals surface area contributed by atoms with Gasteiger partial charge in [-0.2, -0.15) is 0 Å². The van der Waals surface area contributed by atoms with Crippen LogP contribution in [0.3, 0.4) is 0 Å². The molecule has 0 radical (unpaired) electrons. The summed E-state index contributed by atoms with van der Waals surface area (Å²) in [5, 5.41) is 0. The SMILES string of the molecule is CCN(CC(=O)OC)C(=O)c1ccc(C(C)C)cc1. The largest absolute Gasteiger partial charge is 0.468 e. The van der Waals surface area contributed by atoms with E-state index in [-0.39, 0.29) is 12.5 Å². The first-order valence-electron chi connectivity index (χ1n) is 6.45. The lowest BCUT2D eigenvalue weighted by molar-refractivity contribution is -0.141. The Balaban J connectivity index is 2.82. The number of carbonyl (C=O) groups is 2. The molecule has 0 bridgehead atoms. The highest BCUT2D eigenvalue weighted by molar-refractivity contribution is 5.96. The van der Waals surface area contributed by atoms with E-state index in [9.17, 15) is 9.59 Å². The molecule has 1 aromatic rings. The van der Waals surface area contributed by atoms with Crippen LogP contribution >= 0.6 is 0 Å². The molecule has 0 aromatic heterocycles. The molecule has 1 rings (SSSR count). The van der Waals surface area contributed by atoms with E-state index < -0.39 is 5.97 Å². The lowest BCUT2D eigenvalue weighted by Crippen LogP contribution is -2.36. The van der Waals surface area contributed by atoms with Crippen LogP contribution in [0, 0.1) is 0 Å². The summed E-state index contributed by atoms with van der Waals surface area (Å²) in [7, 11) is 1.32. The number of carbonyl (C=O) groups excluding carboxylic acids is 2. The first-order valence-corrected chi connectivity index (χ1v) is 6.45. The van der Waals surface area contributed by atoms with Crippen LogP contribution in [0.15, 0.2) is 24.3 Å². The molecular weight excluding hydrogens is 242 g/mol. The normalized spacial score (nSPS) is 10.4. The van der Waals surface area contributed by atoms with E-state index in [1.165, 1.54) is 17.6 Å². The van der Waals surface area contributed by atoms with Crippen molar-refractivity contribution in [2.24, 2.45) is 0 Å². The van der Waals surface area contributed by atoms with Crippen LogP contribution in [-0.4, -0.2) is 37.0 Å². The van der Waals surface area contributed by atoms with Crippen molar-refractivity contribution in [3.63, 3.8) is 0 Å². The molecule has 0 N–H and O–H groups in total. The fourth-order valence-electron chi connectivity index (χ4n) is 1.74. The summed E-state index contributed by atoms with van der Waals surface area (Å²) in [4.78, 5) is 24.9. The van der Waals surface area contributed by atoms with E-state index in [1.54, 1.807) is 12.1 Å². The van der Waals surface area contributed by atoms with Gasteiger partial charge in [-0.05, 0) is 30.5 Å². The maximum atomic E-state index is 12.2. The molecule has 0 saturated heterocycles. The summed E-state index contributed by atoms with van der Waals surface area (Å²) in [6.07, 6.45) is 0. The number of likely N-dealkylation sites (N-methyl/N-ethyl adjacent to an activating group) is 1. The lowest BCUT2D eigenvalue weighted by atomic mass is 10.0. The topological polar surface area (TPSA) is 46.6 Å². The first-order chi connectivity index (χ1) is 8.99. The molecule has 1 aromatic carbocycles. The Hall–Kier alpha value is -1.84. The van der Waals surface area contributed by atoms with Gasteiger partial charge >= 0.3 is 5.97 Å². The molecule has 104 valence electrons. The molecule has 0 fully saturated rings. The predicted molar refractivity (Wildman–Crippen MR) is 74.1 cm³/mol. The predicted octanol–water partition coefficient (Wildman–Crippen LogP) is 2.45. The fraction of sp³-hybridized carbons (Fsp3) is 0.467. The van der Waals surface area contributed by atoms with Gasteiger partial charge in [0.1, 0.15) is 6.54 Å². The minimum Gasteiger partial charge on any atom is -0.468 e. The number of ether oxygens (including phenoxy) is 1. The quantitative estimate of drug-likeness (QED) is 0.767. The van der Waals surface area contributed by atoms with Gasteiger partial charge in [-0.25, -0.2) is 0 Å². The number of rotatable bonds is 5. The zero-order valence-corrected chi connectivity index (χ0v) is 12.0. The minimum atomic E-state index is -0.408. The van der Waals surface area contributed by atoms with Crippen molar-refractivity contribution in [2.45, 2.75) is 26.7 Å². The second-order valence-electron chi connectivity index (χ2n) is 4.67. The molecule has 0 saturated carbocycles. The maximum Gasteiger partial charge on any atom is 0.325 e. The highest BCUT2D eigenvalue weighted by atomic mass is 16.5. The standard InChI is InChI=1S/C15H21NO3/c1-5-16(10-14(17)19-4)15(18)13-8-6-12(7-9-13)11(2)3/h6-9,11H,5,10H2,1-4H3. The van der Waals surface area contributed by atoms with Gasteiger partial charge in [0.25, 0.3) is 5.91 Å². The molecule has 19 heavy (non-hydrogen) atoms. The molecule has 0 atom stereocenters. The van der Waals surface area contributed by atoms with E-state index in [1.807, 2.05) is 19.1 Å². The van der Waals surface area contributed by atoms with Gasteiger partial charge in [-0.1, -0.05) is 26.0 Å². The molecule has 0 aliphatic rings. The fourth-order valence-corrected chi connectivity index (χ4v) is 1.74. The average molecular weight is 263 g/mol. The van der Waals surface area contributed by atoms with Crippen molar-refractivity contribution in [2.75, 3.05) is 20.2 Å². The molecule has 0 aliphatic heterocycles. The van der Waals surface area contributed by atoms with Crippen LogP contribution in [0.1, 0.15) is 42.6 Å². The van der Waals surface area contributed by atoms with Crippen LogP contribution in [0.5, 0.6) is 0 Å². The third kappa shape index (κ3) is 4.09. The van der Waals surface area contributed by atoms with E-state index in [4.69, 9.17) is 0 Å². The Kier molecular flexibility index (Phi) is 5.55. The third-order valence-corrected chi connectivity index (χ3v) is 3.04. The number of hydrogen-bond acceptors (Lipinski definition) is 3. The van der Waals surface area contributed by atoms with Crippen LogP contribution in [-0.2, 0) is 9.53 Å². The highest BCUT2D eigenvalue weighted by Crippen LogP contribution is 2.15. The minimum absolute atomic E-state index is 0.0161. The summed E-state index contributed by atoms with van der Waals surface area (Å²) < 4.78 is 4.59. The summed E-state index contributed by atoms with van der Waals surface area (Å²) in [6, 6.07) is 7.50. The number of benzene rings is 1. The summed E-state index contributed by atoms with van der Waals surface area (Å²) in [5.74, 6) is -0.126. The summed E-state index contributed by atoms with van der Waals surface area (Å²) in [5.41, 5.74) is 1.78. The number of hydrogen-bond donors (Lipinski definition) is 0. The number of nitrogens with zero attached hydrogens (tertiary/aromatic N) is 1. The molecule has 4 nitrogen and oxygen atoms in total. The molecule has 0 unspecified atom stereocenters. The second-order valence-corrected chi connectivity index (χ2v) is 4.67. The zero-order chi connectivity index (χ0) is 14.4. The second kappa shape index (κ2) is 6.92. The molecule has 0 spiro atoms. The number of methoxy groups -OCH3 is 1. The monoisotopic (exact) mass is 263 g/mol. The zero-order valence-electron chi connectivity index (χ0n) is 12.0. The van der Waals surface area contributed by atoms with Crippen LogP contribution < -0.4 is 0 Å².